The van der Waals surface area contributed by atoms with Crippen molar-refractivity contribution in [3.63, 3.8) is 0 Å². The second-order valence-corrected chi connectivity index (χ2v) is 7.32. The van der Waals surface area contributed by atoms with Crippen molar-refractivity contribution in [2.45, 2.75) is 19.5 Å². The number of furan rings is 1. The summed E-state index contributed by atoms with van der Waals surface area (Å²) in [6.45, 7) is 1.44. The first-order valence-corrected chi connectivity index (χ1v) is 9.59. The predicted octanol–water partition coefficient (Wildman–Crippen LogP) is 4.26. The number of rotatable bonds is 5. The van der Waals surface area contributed by atoms with Gasteiger partial charge in [-0.2, -0.15) is 0 Å². The van der Waals surface area contributed by atoms with E-state index in [1.807, 2.05) is 0 Å². The van der Waals surface area contributed by atoms with Crippen molar-refractivity contribution in [2.75, 3.05) is 0 Å². The van der Waals surface area contributed by atoms with Crippen LogP contribution in [0.1, 0.15) is 28.5 Å². The molecule has 1 N–H and O–H groups in total. The zero-order chi connectivity index (χ0) is 23.0. The minimum Gasteiger partial charge on any atom is -0.507 e. The minimum absolute atomic E-state index is 0.0135. The van der Waals surface area contributed by atoms with Crippen LogP contribution in [0.4, 0.5) is 10.1 Å². The van der Waals surface area contributed by atoms with Gasteiger partial charge in [-0.1, -0.05) is 24.3 Å². The second-order valence-electron chi connectivity index (χ2n) is 7.32. The maximum atomic E-state index is 14.1. The fourth-order valence-corrected chi connectivity index (χ4v) is 3.66. The van der Waals surface area contributed by atoms with Gasteiger partial charge in [0.05, 0.1) is 29.3 Å². The molecule has 2 aromatic carbocycles. The molecule has 0 saturated carbocycles. The van der Waals surface area contributed by atoms with Crippen LogP contribution in [0.25, 0.3) is 5.76 Å². The Morgan fingerprint density at radius 2 is 1.97 bits per heavy atom. The summed E-state index contributed by atoms with van der Waals surface area (Å²) in [7, 11) is 0. The molecule has 9 heteroatoms. The van der Waals surface area contributed by atoms with Gasteiger partial charge >= 0.3 is 0 Å². The largest absolute Gasteiger partial charge is 0.507 e. The number of aliphatic hydroxyl groups excluding tert-OH is 1. The molecule has 4 rings (SSSR count). The number of hydrogen-bond acceptors (Lipinski definition) is 6. The van der Waals surface area contributed by atoms with E-state index < -0.39 is 34.2 Å². The number of nitro benzene ring substituents is 1. The van der Waals surface area contributed by atoms with Gasteiger partial charge in [0.25, 0.3) is 17.4 Å². The van der Waals surface area contributed by atoms with E-state index in [-0.39, 0.29) is 28.9 Å². The molecule has 0 spiro atoms. The second kappa shape index (κ2) is 8.10. The number of amides is 1. The molecule has 0 aliphatic carbocycles. The lowest BCUT2D eigenvalue weighted by Gasteiger charge is -2.24. The van der Waals surface area contributed by atoms with Gasteiger partial charge in [-0.05, 0) is 36.2 Å². The third-order valence-corrected chi connectivity index (χ3v) is 5.29. The highest BCUT2D eigenvalue weighted by Gasteiger charge is 2.46. The van der Waals surface area contributed by atoms with Gasteiger partial charge in [0.15, 0.2) is 0 Å². The van der Waals surface area contributed by atoms with Gasteiger partial charge in [0.2, 0.25) is 0 Å². The van der Waals surface area contributed by atoms with Gasteiger partial charge in [-0.15, -0.1) is 0 Å². The molecule has 1 fully saturated rings. The molecule has 162 valence electrons. The summed E-state index contributed by atoms with van der Waals surface area (Å²) in [6, 6.07) is 11.5. The van der Waals surface area contributed by atoms with Crippen molar-refractivity contribution in [2.24, 2.45) is 0 Å². The number of aryl methyl sites for hydroxylation is 1. The molecule has 2 heterocycles. The van der Waals surface area contributed by atoms with Crippen LogP contribution in [-0.2, 0) is 16.1 Å². The lowest BCUT2D eigenvalue weighted by atomic mass is 9.94. The summed E-state index contributed by atoms with van der Waals surface area (Å²) < 4.78 is 19.4. The third kappa shape index (κ3) is 3.64. The van der Waals surface area contributed by atoms with Crippen LogP contribution >= 0.6 is 0 Å². The van der Waals surface area contributed by atoms with E-state index in [1.165, 1.54) is 42.7 Å². The molecule has 1 aliphatic heterocycles. The Bertz CT molecular complexity index is 1270. The van der Waals surface area contributed by atoms with Crippen LogP contribution < -0.4 is 0 Å². The summed E-state index contributed by atoms with van der Waals surface area (Å²) in [5.41, 5.74) is 0.0754. The highest BCUT2D eigenvalue weighted by molar-refractivity contribution is 6.46. The molecule has 32 heavy (non-hydrogen) atoms. The Morgan fingerprint density at radius 3 is 2.62 bits per heavy atom. The average Bonchev–Trinajstić information content (AvgIpc) is 3.37. The van der Waals surface area contributed by atoms with Crippen LogP contribution in [0.5, 0.6) is 0 Å². The number of nitro groups is 1. The summed E-state index contributed by atoms with van der Waals surface area (Å²) in [5.74, 6) is -2.67. The molecule has 0 radical (unpaired) electrons. The smallest absolute Gasteiger partial charge is 0.296 e. The Morgan fingerprint density at radius 1 is 1.19 bits per heavy atom. The predicted molar refractivity (Wildman–Crippen MR) is 111 cm³/mol. The van der Waals surface area contributed by atoms with Crippen molar-refractivity contribution in [1.29, 1.82) is 0 Å². The molecule has 8 nitrogen and oxygen atoms in total. The van der Waals surface area contributed by atoms with E-state index in [0.29, 0.717) is 11.3 Å². The number of carbonyl (C=O) groups excluding carboxylic acids is 2. The standard InChI is InChI=1S/C23H17FN2O6/c1-13-7-8-15(11-18(13)24)21(27)19-20(14-4-2-5-16(10-14)26(30)31)25(23(29)22(19)28)12-17-6-3-9-32-17/h2-11,20,27H,12H2,1H3/t20-/m1/s1. The first-order valence-electron chi connectivity index (χ1n) is 9.59. The first kappa shape index (κ1) is 21.0. The zero-order valence-electron chi connectivity index (χ0n) is 16.8. The molecule has 1 aromatic heterocycles. The number of non-ortho nitro benzene ring substituents is 1. The van der Waals surface area contributed by atoms with Gasteiger partial charge in [-0.3, -0.25) is 19.7 Å². The van der Waals surface area contributed by atoms with E-state index in [1.54, 1.807) is 19.1 Å². The van der Waals surface area contributed by atoms with Crippen molar-refractivity contribution in [1.82, 2.24) is 4.90 Å². The SMILES string of the molecule is Cc1ccc(C(O)=C2C(=O)C(=O)N(Cc3ccco3)[C@@H]2c2cccc([N+](=O)[O-])c2)cc1F. The molecule has 1 aliphatic rings. The molecule has 1 saturated heterocycles. The normalized spacial score (nSPS) is 17.7. The average molecular weight is 436 g/mol. The Kier molecular flexibility index (Phi) is 5.31. The number of ketones is 1. The highest BCUT2D eigenvalue weighted by Crippen LogP contribution is 2.41. The van der Waals surface area contributed by atoms with Gasteiger partial charge in [0, 0.05) is 17.7 Å². The molecule has 1 atom stereocenters. The fraction of sp³-hybridized carbons (Fsp3) is 0.130. The van der Waals surface area contributed by atoms with Crippen LogP contribution in [0.3, 0.4) is 0 Å². The number of carbonyl (C=O) groups is 2. The van der Waals surface area contributed by atoms with E-state index in [2.05, 4.69) is 0 Å². The molecular weight excluding hydrogens is 419 g/mol. The van der Waals surface area contributed by atoms with Crippen molar-refractivity contribution >= 4 is 23.1 Å². The Balaban J connectivity index is 1.91. The topological polar surface area (TPSA) is 114 Å². The maximum Gasteiger partial charge on any atom is 0.296 e. The number of Topliss-reactive ketones (excluding diaryl/α,β-unsaturated/α-hetero) is 1. The number of hydrogen-bond donors (Lipinski definition) is 1. The summed E-state index contributed by atoms with van der Waals surface area (Å²) in [6.07, 6.45) is 1.41. The van der Waals surface area contributed by atoms with Crippen LogP contribution in [0, 0.1) is 22.9 Å². The number of benzene rings is 2. The van der Waals surface area contributed by atoms with Gasteiger partial charge < -0.3 is 14.4 Å². The Hall–Kier alpha value is -4.27. The highest BCUT2D eigenvalue weighted by atomic mass is 19.1. The van der Waals surface area contributed by atoms with E-state index >= 15 is 0 Å². The monoisotopic (exact) mass is 436 g/mol. The number of halogens is 1. The maximum absolute atomic E-state index is 14.1. The van der Waals surface area contributed by atoms with Crippen LogP contribution in [0.2, 0.25) is 0 Å². The van der Waals surface area contributed by atoms with E-state index in [0.717, 1.165) is 11.0 Å². The summed E-state index contributed by atoms with van der Waals surface area (Å²) in [4.78, 5) is 37.7. The molecule has 0 bridgehead atoms. The lowest BCUT2D eigenvalue weighted by molar-refractivity contribution is -0.384. The van der Waals surface area contributed by atoms with Crippen molar-refractivity contribution < 1.29 is 28.4 Å². The van der Waals surface area contributed by atoms with Gasteiger partial charge in [0.1, 0.15) is 17.3 Å². The molecular formula is C23H17FN2O6. The summed E-state index contributed by atoms with van der Waals surface area (Å²) in [5, 5.41) is 22.2. The van der Waals surface area contributed by atoms with Crippen LogP contribution in [0.15, 0.2) is 70.9 Å². The number of nitrogens with zero attached hydrogens (tertiary/aromatic N) is 2. The minimum atomic E-state index is -1.13. The third-order valence-electron chi connectivity index (χ3n) is 5.29. The van der Waals surface area contributed by atoms with Crippen molar-refractivity contribution in [3.05, 3.63) is 105 Å². The molecule has 3 aromatic rings. The molecule has 1 amide bonds. The molecule has 0 unspecified atom stereocenters. The van der Waals surface area contributed by atoms with E-state index in [4.69, 9.17) is 4.42 Å². The van der Waals surface area contributed by atoms with Crippen molar-refractivity contribution in [3.8, 4) is 0 Å². The lowest BCUT2D eigenvalue weighted by Crippen LogP contribution is -2.29. The summed E-state index contributed by atoms with van der Waals surface area (Å²) >= 11 is 0. The van der Waals surface area contributed by atoms with Gasteiger partial charge in [-0.25, -0.2) is 4.39 Å². The Labute approximate surface area is 181 Å². The number of aliphatic hydroxyl groups is 1. The van der Waals surface area contributed by atoms with E-state index in [9.17, 15) is 29.2 Å². The number of likely N-dealkylation sites (tertiary alicyclic amines) is 1. The quantitative estimate of drug-likeness (QED) is 0.210. The first-order chi connectivity index (χ1) is 15.3. The van der Waals surface area contributed by atoms with Crippen LogP contribution in [-0.4, -0.2) is 26.6 Å². The fourth-order valence-electron chi connectivity index (χ4n) is 3.66. The zero-order valence-corrected chi connectivity index (χ0v) is 16.8.